The summed E-state index contributed by atoms with van der Waals surface area (Å²) >= 11 is 3.19. The Balaban J connectivity index is 2.17. The molecule has 4 nitrogen and oxygen atoms in total. The summed E-state index contributed by atoms with van der Waals surface area (Å²) in [5, 5.41) is 8.87. The van der Waals surface area contributed by atoms with Crippen LogP contribution in [0.5, 0.6) is 0 Å². The molecule has 6 heteroatoms. The van der Waals surface area contributed by atoms with Crippen molar-refractivity contribution < 1.29 is 19.1 Å². The second-order valence-corrected chi connectivity index (χ2v) is 5.05. The number of carboxylic acids is 1. The van der Waals surface area contributed by atoms with Crippen LogP contribution in [0.2, 0.25) is 0 Å². The highest BCUT2D eigenvalue weighted by atomic mass is 79.9. The monoisotopic (exact) mass is 315 g/mol. The Morgan fingerprint density at radius 1 is 1.44 bits per heavy atom. The molecule has 0 spiro atoms. The fourth-order valence-electron chi connectivity index (χ4n) is 1.98. The smallest absolute Gasteiger partial charge is 0.308 e. The zero-order valence-electron chi connectivity index (χ0n) is 9.40. The average Bonchev–Trinajstić information content (AvgIpc) is 2.81. The first kappa shape index (κ1) is 13.0. The molecule has 1 unspecified atom stereocenters. The number of hydrogen-bond acceptors (Lipinski definition) is 2. The summed E-state index contributed by atoms with van der Waals surface area (Å²) in [6, 6.07) is 3.87. The number of carbonyl (C=O) groups is 2. The van der Waals surface area contributed by atoms with Crippen LogP contribution in [0, 0.1) is 11.7 Å². The number of halogens is 2. The first-order chi connectivity index (χ1) is 8.49. The number of rotatable bonds is 2. The summed E-state index contributed by atoms with van der Waals surface area (Å²) in [7, 11) is 0. The van der Waals surface area contributed by atoms with Gasteiger partial charge in [-0.15, -0.1) is 0 Å². The van der Waals surface area contributed by atoms with Gasteiger partial charge in [0.15, 0.2) is 0 Å². The summed E-state index contributed by atoms with van der Waals surface area (Å²) in [4.78, 5) is 24.4. The predicted octanol–water partition coefficient (Wildman–Crippen LogP) is 2.13. The maximum atomic E-state index is 13.1. The molecule has 1 aliphatic rings. The van der Waals surface area contributed by atoms with Gasteiger partial charge < -0.3 is 10.0 Å². The van der Waals surface area contributed by atoms with E-state index in [1.807, 2.05) is 0 Å². The van der Waals surface area contributed by atoms with E-state index in [1.165, 1.54) is 17.0 Å². The van der Waals surface area contributed by atoms with Crippen LogP contribution in [-0.2, 0) is 4.79 Å². The predicted molar refractivity (Wildman–Crippen MR) is 65.7 cm³/mol. The topological polar surface area (TPSA) is 57.6 Å². The normalized spacial score (nSPS) is 19.0. The Hall–Kier alpha value is -1.43. The zero-order valence-corrected chi connectivity index (χ0v) is 11.0. The quantitative estimate of drug-likeness (QED) is 0.909. The molecule has 1 saturated heterocycles. The number of benzene rings is 1. The molecule has 1 N–H and O–H groups in total. The van der Waals surface area contributed by atoms with Gasteiger partial charge in [0.1, 0.15) is 5.82 Å². The highest BCUT2D eigenvalue weighted by molar-refractivity contribution is 9.10. The number of carboxylic acid groups (broad SMARTS) is 1. The number of aliphatic carboxylic acids is 1. The van der Waals surface area contributed by atoms with Crippen molar-refractivity contribution in [2.75, 3.05) is 13.1 Å². The van der Waals surface area contributed by atoms with E-state index in [9.17, 15) is 14.0 Å². The highest BCUT2D eigenvalue weighted by Crippen LogP contribution is 2.23. The Bertz CT molecular complexity index is 506. The Morgan fingerprint density at radius 2 is 2.17 bits per heavy atom. The van der Waals surface area contributed by atoms with E-state index in [0.717, 1.165) is 6.07 Å². The van der Waals surface area contributed by atoms with Gasteiger partial charge in [-0.1, -0.05) is 0 Å². The van der Waals surface area contributed by atoms with Crippen LogP contribution < -0.4 is 0 Å². The molecule has 0 bridgehead atoms. The third kappa shape index (κ3) is 2.53. The van der Waals surface area contributed by atoms with E-state index in [1.54, 1.807) is 0 Å². The number of carbonyl (C=O) groups excluding carboxylic acids is 1. The number of nitrogens with zero attached hydrogens (tertiary/aromatic N) is 1. The van der Waals surface area contributed by atoms with E-state index < -0.39 is 17.7 Å². The second-order valence-electron chi connectivity index (χ2n) is 4.20. The minimum atomic E-state index is -0.899. The molecule has 1 heterocycles. The van der Waals surface area contributed by atoms with Crippen molar-refractivity contribution in [2.45, 2.75) is 6.42 Å². The molecular weight excluding hydrogens is 305 g/mol. The van der Waals surface area contributed by atoms with Gasteiger partial charge in [0, 0.05) is 17.6 Å². The number of likely N-dealkylation sites (tertiary alicyclic amines) is 1. The molecule has 1 atom stereocenters. The summed E-state index contributed by atoms with van der Waals surface area (Å²) in [5.74, 6) is -2.26. The molecule has 1 aromatic carbocycles. The summed E-state index contributed by atoms with van der Waals surface area (Å²) in [5.41, 5.74) is 0.223. The van der Waals surface area contributed by atoms with Gasteiger partial charge in [0.25, 0.3) is 5.91 Å². The van der Waals surface area contributed by atoms with Crippen LogP contribution in [0.25, 0.3) is 0 Å². The lowest BCUT2D eigenvalue weighted by molar-refractivity contribution is -0.141. The molecule has 0 aromatic heterocycles. The van der Waals surface area contributed by atoms with Crippen molar-refractivity contribution in [3.8, 4) is 0 Å². The van der Waals surface area contributed by atoms with E-state index in [4.69, 9.17) is 5.11 Å². The van der Waals surface area contributed by atoms with E-state index in [0.29, 0.717) is 17.4 Å². The molecule has 0 aliphatic carbocycles. The summed E-state index contributed by atoms with van der Waals surface area (Å²) in [6.45, 7) is 0.565. The van der Waals surface area contributed by atoms with Crippen LogP contribution in [0.4, 0.5) is 4.39 Å². The molecular formula is C12H11BrFNO3. The van der Waals surface area contributed by atoms with Crippen LogP contribution in [0.3, 0.4) is 0 Å². The molecule has 0 saturated carbocycles. The first-order valence-electron chi connectivity index (χ1n) is 5.46. The van der Waals surface area contributed by atoms with Gasteiger partial charge in [-0.2, -0.15) is 0 Å². The fraction of sp³-hybridized carbons (Fsp3) is 0.333. The van der Waals surface area contributed by atoms with Crippen molar-refractivity contribution in [3.05, 3.63) is 34.1 Å². The van der Waals surface area contributed by atoms with Gasteiger partial charge in [0.2, 0.25) is 0 Å². The van der Waals surface area contributed by atoms with Crippen LogP contribution in [0.1, 0.15) is 16.8 Å². The van der Waals surface area contributed by atoms with Gasteiger partial charge in [-0.25, -0.2) is 4.39 Å². The Labute approximate surface area is 112 Å². The molecule has 1 amide bonds. The summed E-state index contributed by atoms with van der Waals surface area (Å²) < 4.78 is 13.6. The Kier molecular flexibility index (Phi) is 3.65. The third-order valence-corrected chi connectivity index (χ3v) is 3.68. The highest BCUT2D eigenvalue weighted by Gasteiger charge is 2.31. The molecule has 0 radical (unpaired) electrons. The lowest BCUT2D eigenvalue weighted by atomic mass is 10.1. The first-order valence-corrected chi connectivity index (χ1v) is 6.25. The van der Waals surface area contributed by atoms with Gasteiger partial charge in [-0.3, -0.25) is 9.59 Å². The van der Waals surface area contributed by atoms with Crippen molar-refractivity contribution in [2.24, 2.45) is 5.92 Å². The molecule has 2 rings (SSSR count). The Morgan fingerprint density at radius 3 is 2.78 bits per heavy atom. The maximum absolute atomic E-state index is 13.1. The van der Waals surface area contributed by atoms with Crippen LogP contribution in [0.15, 0.2) is 22.7 Å². The van der Waals surface area contributed by atoms with Crippen molar-refractivity contribution in [3.63, 3.8) is 0 Å². The fourth-order valence-corrected chi connectivity index (χ4v) is 2.39. The molecule has 18 heavy (non-hydrogen) atoms. The van der Waals surface area contributed by atoms with Gasteiger partial charge >= 0.3 is 5.97 Å². The molecule has 96 valence electrons. The van der Waals surface area contributed by atoms with Crippen LogP contribution in [-0.4, -0.2) is 35.0 Å². The third-order valence-electron chi connectivity index (χ3n) is 2.98. The van der Waals surface area contributed by atoms with E-state index in [2.05, 4.69) is 15.9 Å². The molecule has 1 aromatic rings. The second kappa shape index (κ2) is 5.06. The van der Waals surface area contributed by atoms with Crippen LogP contribution >= 0.6 is 15.9 Å². The van der Waals surface area contributed by atoms with Gasteiger partial charge in [0.05, 0.1) is 11.5 Å². The average molecular weight is 316 g/mol. The standard InChI is InChI=1S/C12H11BrFNO3/c13-10-2-1-8(14)5-9(10)11(16)15-4-3-7(6-15)12(17)18/h1-2,5,7H,3-4,6H2,(H,17,18). The van der Waals surface area contributed by atoms with Gasteiger partial charge in [-0.05, 0) is 40.5 Å². The molecule has 1 fully saturated rings. The SMILES string of the molecule is O=C(O)C1CCN(C(=O)c2cc(F)ccc2Br)C1. The van der Waals surface area contributed by atoms with E-state index in [-0.39, 0.29) is 18.0 Å². The van der Waals surface area contributed by atoms with Crippen molar-refractivity contribution >= 4 is 27.8 Å². The lowest BCUT2D eigenvalue weighted by Crippen LogP contribution is -2.30. The number of amides is 1. The van der Waals surface area contributed by atoms with E-state index >= 15 is 0 Å². The minimum absolute atomic E-state index is 0.178. The largest absolute Gasteiger partial charge is 0.481 e. The minimum Gasteiger partial charge on any atom is -0.481 e. The number of hydrogen-bond donors (Lipinski definition) is 1. The maximum Gasteiger partial charge on any atom is 0.308 e. The summed E-state index contributed by atoms with van der Waals surface area (Å²) in [6.07, 6.45) is 0.439. The molecule has 1 aliphatic heterocycles. The lowest BCUT2D eigenvalue weighted by Gasteiger charge is -2.16. The van der Waals surface area contributed by atoms with Crippen molar-refractivity contribution in [1.29, 1.82) is 0 Å². The zero-order chi connectivity index (χ0) is 13.3. The van der Waals surface area contributed by atoms with Crippen molar-refractivity contribution in [1.82, 2.24) is 4.90 Å².